The van der Waals surface area contributed by atoms with Crippen molar-refractivity contribution < 1.29 is 18.3 Å². The molecule has 4 rings (SSSR count). The van der Waals surface area contributed by atoms with E-state index in [0.29, 0.717) is 22.3 Å². The third kappa shape index (κ3) is 4.49. The molecule has 1 aliphatic rings. The Morgan fingerprint density at radius 3 is 2.66 bits per heavy atom. The van der Waals surface area contributed by atoms with Crippen molar-refractivity contribution in [2.45, 2.75) is 25.4 Å². The van der Waals surface area contributed by atoms with Crippen molar-refractivity contribution in [1.29, 1.82) is 5.41 Å². The lowest BCUT2D eigenvalue weighted by Crippen LogP contribution is -2.22. The number of nitrogens with zero attached hydrogens (tertiary/aromatic N) is 3. The Hall–Kier alpha value is -4.06. The predicted octanol–water partition coefficient (Wildman–Crippen LogP) is 3.92. The second-order valence-corrected chi connectivity index (χ2v) is 7.67. The number of halogens is 2. The third-order valence-electron chi connectivity index (χ3n) is 4.72. The molecule has 0 saturated heterocycles. The van der Waals surface area contributed by atoms with Gasteiger partial charge in [0.05, 0.1) is 5.92 Å². The van der Waals surface area contributed by atoms with Crippen LogP contribution in [0.5, 0.6) is 11.6 Å². The van der Waals surface area contributed by atoms with Gasteiger partial charge in [-0.2, -0.15) is 0 Å². The van der Waals surface area contributed by atoms with Crippen LogP contribution >= 0.6 is 0 Å². The quantitative estimate of drug-likeness (QED) is 0.367. The fourth-order valence-corrected chi connectivity index (χ4v) is 3.31. The fraction of sp³-hybridized carbons (Fsp3) is 0.217. The van der Waals surface area contributed by atoms with E-state index in [1.54, 1.807) is 12.1 Å². The van der Waals surface area contributed by atoms with E-state index >= 15 is 0 Å². The van der Waals surface area contributed by atoms with Crippen LogP contribution < -0.4 is 10.5 Å². The first-order chi connectivity index (χ1) is 15.2. The van der Waals surface area contributed by atoms with Gasteiger partial charge >= 0.3 is 0 Å². The number of aromatic nitrogens is 3. The Morgan fingerprint density at radius 1 is 1.22 bits per heavy atom. The second-order valence-electron chi connectivity index (χ2n) is 7.67. The smallest absolute Gasteiger partial charge is 0.279 e. The molecule has 0 saturated carbocycles. The maximum absolute atomic E-state index is 14.9. The molecule has 3 heterocycles. The third-order valence-corrected chi connectivity index (χ3v) is 4.72. The molecule has 1 unspecified atom stereocenters. The van der Waals surface area contributed by atoms with Crippen LogP contribution in [0.15, 0.2) is 43.1 Å². The van der Waals surface area contributed by atoms with E-state index in [1.165, 1.54) is 44.8 Å². The molecule has 9 heteroatoms. The second kappa shape index (κ2) is 8.23. The van der Waals surface area contributed by atoms with Gasteiger partial charge in [-0.05, 0) is 26.0 Å². The van der Waals surface area contributed by atoms with Gasteiger partial charge in [-0.25, -0.2) is 23.7 Å². The van der Waals surface area contributed by atoms with E-state index in [1.807, 2.05) is 0 Å². The summed E-state index contributed by atoms with van der Waals surface area (Å²) in [7, 11) is 0. The molecule has 0 bridgehead atoms. The molecule has 32 heavy (non-hydrogen) atoms. The summed E-state index contributed by atoms with van der Waals surface area (Å²) < 4.78 is 39.8. The molecule has 0 radical (unpaired) electrons. The Balaban J connectivity index is 1.83. The average Bonchev–Trinajstić information content (AvgIpc) is 2.75. The zero-order chi connectivity index (χ0) is 22.9. The molecule has 3 aromatic rings. The Labute approximate surface area is 183 Å². The van der Waals surface area contributed by atoms with Gasteiger partial charge in [0, 0.05) is 52.5 Å². The standard InChI is InChI=1S/C23H19F2N5O2/c1-23(2,25)4-3-13-5-17-18(11-31-22(26)27)16-6-15(14-9-28-12-29-10-14)19(24)7-20(16)32-21(17)30-8-13/h5-10,12,18H,11H2,1-2H3,(H3,26,27). The number of nitrogens with one attached hydrogen (secondary N) is 1. The van der Waals surface area contributed by atoms with Crippen molar-refractivity contribution in [3.05, 3.63) is 65.6 Å². The summed E-state index contributed by atoms with van der Waals surface area (Å²) >= 11 is 0. The molecule has 0 fully saturated rings. The summed E-state index contributed by atoms with van der Waals surface area (Å²) in [5.41, 5.74) is 6.19. The molecule has 1 atom stereocenters. The van der Waals surface area contributed by atoms with Gasteiger partial charge in [-0.3, -0.25) is 5.41 Å². The summed E-state index contributed by atoms with van der Waals surface area (Å²) in [5.74, 6) is 4.79. The lowest BCUT2D eigenvalue weighted by atomic mass is 9.87. The van der Waals surface area contributed by atoms with Crippen LogP contribution in [0, 0.1) is 23.1 Å². The van der Waals surface area contributed by atoms with Crippen molar-refractivity contribution in [3.63, 3.8) is 0 Å². The van der Waals surface area contributed by atoms with E-state index in [0.717, 1.165) is 0 Å². The molecule has 162 valence electrons. The summed E-state index contributed by atoms with van der Waals surface area (Å²) in [5, 5.41) is 7.44. The Bertz CT molecular complexity index is 1250. The first kappa shape index (κ1) is 21.2. The van der Waals surface area contributed by atoms with Crippen LogP contribution in [0.25, 0.3) is 11.1 Å². The fourth-order valence-electron chi connectivity index (χ4n) is 3.31. The van der Waals surface area contributed by atoms with Crippen molar-refractivity contribution in [2.24, 2.45) is 5.73 Å². The van der Waals surface area contributed by atoms with Gasteiger partial charge in [0.2, 0.25) is 5.88 Å². The van der Waals surface area contributed by atoms with Crippen LogP contribution in [0.3, 0.4) is 0 Å². The monoisotopic (exact) mass is 435 g/mol. The number of benzene rings is 1. The number of hydrogen-bond donors (Lipinski definition) is 2. The molecule has 0 amide bonds. The maximum Gasteiger partial charge on any atom is 0.279 e. The first-order valence-corrected chi connectivity index (χ1v) is 9.67. The van der Waals surface area contributed by atoms with Crippen LogP contribution in [-0.2, 0) is 4.74 Å². The highest BCUT2D eigenvalue weighted by molar-refractivity contribution is 5.69. The maximum atomic E-state index is 14.9. The Morgan fingerprint density at radius 2 is 1.97 bits per heavy atom. The summed E-state index contributed by atoms with van der Waals surface area (Å²) in [6.07, 6.45) is 5.82. The van der Waals surface area contributed by atoms with Gasteiger partial charge < -0.3 is 15.2 Å². The highest BCUT2D eigenvalue weighted by atomic mass is 19.1. The minimum atomic E-state index is -1.67. The molecule has 1 aromatic carbocycles. The largest absolute Gasteiger partial charge is 0.465 e. The van der Waals surface area contributed by atoms with Crippen molar-refractivity contribution in [1.82, 2.24) is 15.0 Å². The zero-order valence-electron chi connectivity index (χ0n) is 17.3. The lowest BCUT2D eigenvalue weighted by molar-refractivity contribution is 0.273. The van der Waals surface area contributed by atoms with Crippen LogP contribution in [0.2, 0.25) is 0 Å². The van der Waals surface area contributed by atoms with E-state index in [9.17, 15) is 8.78 Å². The lowest BCUT2D eigenvalue weighted by Gasteiger charge is -2.28. The van der Waals surface area contributed by atoms with E-state index in [2.05, 4.69) is 26.8 Å². The highest BCUT2D eigenvalue weighted by Crippen LogP contribution is 2.45. The van der Waals surface area contributed by atoms with E-state index in [-0.39, 0.29) is 23.8 Å². The Kier molecular flexibility index (Phi) is 5.45. The molecule has 0 aliphatic carbocycles. The van der Waals surface area contributed by atoms with Gasteiger partial charge in [0.15, 0.2) is 5.67 Å². The van der Waals surface area contributed by atoms with Gasteiger partial charge in [0.25, 0.3) is 6.02 Å². The van der Waals surface area contributed by atoms with E-state index < -0.39 is 23.4 Å². The minimum absolute atomic E-state index is 0.0117. The number of amidine groups is 1. The van der Waals surface area contributed by atoms with Crippen LogP contribution in [-0.4, -0.2) is 33.2 Å². The number of ether oxygens (including phenoxy) is 2. The number of nitrogens with two attached hydrogens (primary N) is 1. The SMILES string of the molecule is CC(C)(F)C#Cc1cnc2c(c1)C(COC(=N)N)c1cc(-c3cncnc3)c(F)cc1O2. The highest BCUT2D eigenvalue weighted by Gasteiger charge is 2.31. The number of alkyl halides is 1. The van der Waals surface area contributed by atoms with E-state index in [4.69, 9.17) is 20.6 Å². The van der Waals surface area contributed by atoms with Crippen molar-refractivity contribution in [2.75, 3.05) is 6.61 Å². The van der Waals surface area contributed by atoms with Crippen LogP contribution in [0.1, 0.15) is 36.5 Å². The number of fused-ring (bicyclic) bond motifs is 2. The molecule has 3 N–H and O–H groups in total. The predicted molar refractivity (Wildman–Crippen MR) is 114 cm³/mol. The van der Waals surface area contributed by atoms with Gasteiger partial charge in [0.1, 0.15) is 24.5 Å². The van der Waals surface area contributed by atoms with Crippen molar-refractivity contribution in [3.8, 4) is 34.6 Å². The summed E-state index contributed by atoms with van der Waals surface area (Å²) in [6, 6.07) is 4.15. The van der Waals surface area contributed by atoms with Crippen molar-refractivity contribution >= 4 is 6.02 Å². The minimum Gasteiger partial charge on any atom is -0.465 e. The van der Waals surface area contributed by atoms with Crippen LogP contribution in [0.4, 0.5) is 8.78 Å². The number of rotatable bonds is 3. The average molecular weight is 435 g/mol. The summed E-state index contributed by atoms with van der Waals surface area (Å²) in [6.45, 7) is 2.71. The summed E-state index contributed by atoms with van der Waals surface area (Å²) in [4.78, 5) is 12.2. The molecule has 1 aliphatic heterocycles. The first-order valence-electron chi connectivity index (χ1n) is 9.67. The molecule has 7 nitrogen and oxygen atoms in total. The number of pyridine rings is 1. The number of hydrogen-bond acceptors (Lipinski definition) is 6. The molecular weight excluding hydrogens is 416 g/mol. The topological polar surface area (TPSA) is 107 Å². The normalized spacial score (nSPS) is 14.3. The van der Waals surface area contributed by atoms with Gasteiger partial charge in [-0.1, -0.05) is 11.8 Å². The molecule has 2 aromatic heterocycles. The molecular formula is C23H19F2N5O2. The molecule has 0 spiro atoms. The van der Waals surface area contributed by atoms with Gasteiger partial charge in [-0.15, -0.1) is 0 Å². The zero-order valence-corrected chi connectivity index (χ0v) is 17.3.